The van der Waals surface area contributed by atoms with E-state index in [2.05, 4.69) is 10.6 Å². The molecule has 0 radical (unpaired) electrons. The first-order valence-corrected chi connectivity index (χ1v) is 25.4. The number of benzene rings is 2. The van der Waals surface area contributed by atoms with Gasteiger partial charge < -0.3 is 54.0 Å². The number of carboxylic acids is 2. The number of amides is 2. The van der Waals surface area contributed by atoms with Gasteiger partial charge in [-0.05, 0) is 30.4 Å². The van der Waals surface area contributed by atoms with E-state index >= 15 is 0 Å². The maximum absolute atomic E-state index is 13.0. The van der Waals surface area contributed by atoms with Crippen LogP contribution in [0.4, 0.5) is 0 Å². The second-order valence-electron chi connectivity index (χ2n) is 16.7. The molecule has 70 heavy (non-hydrogen) atoms. The Hall–Kier alpha value is -4.94. The minimum Gasteiger partial charge on any atom is -0.481 e. The van der Waals surface area contributed by atoms with Gasteiger partial charge in [0.05, 0.1) is 72.5 Å². The van der Waals surface area contributed by atoms with E-state index in [4.69, 9.17) is 43.4 Å². The van der Waals surface area contributed by atoms with E-state index in [0.717, 1.165) is 56.1 Å². The van der Waals surface area contributed by atoms with Crippen molar-refractivity contribution < 1.29 is 72.1 Å². The van der Waals surface area contributed by atoms with Crippen molar-refractivity contribution in [2.45, 2.75) is 155 Å². The number of carbonyl (C=O) groups excluding carboxylic acids is 4. The Morgan fingerprint density at radius 2 is 0.857 bits per heavy atom. The van der Waals surface area contributed by atoms with Crippen LogP contribution in [0.5, 0.6) is 0 Å². The van der Waals surface area contributed by atoms with E-state index in [1.54, 1.807) is 6.92 Å². The Morgan fingerprint density at radius 1 is 0.457 bits per heavy atom. The summed E-state index contributed by atoms with van der Waals surface area (Å²) >= 11 is 0. The number of unbranched alkanes of at least 4 members (excludes halogenated alkanes) is 13. The smallest absolute Gasteiger partial charge is 0.328 e. The fourth-order valence-corrected chi connectivity index (χ4v) is 6.60. The van der Waals surface area contributed by atoms with Crippen molar-refractivity contribution in [2.75, 3.05) is 72.6 Å². The fraction of sp³-hybridized carbons (Fsp3) is 0.660. The predicted molar refractivity (Wildman–Crippen MR) is 265 cm³/mol. The van der Waals surface area contributed by atoms with Crippen LogP contribution in [0.15, 0.2) is 60.7 Å². The number of rotatable bonds is 45. The molecule has 1 unspecified atom stereocenters. The van der Waals surface area contributed by atoms with E-state index in [-0.39, 0.29) is 56.7 Å². The fourth-order valence-electron chi connectivity index (χ4n) is 6.60. The predicted octanol–water partition coefficient (Wildman–Crippen LogP) is 8.13. The molecule has 0 aromatic heterocycles. The van der Waals surface area contributed by atoms with Crippen molar-refractivity contribution >= 4 is 35.7 Å². The van der Waals surface area contributed by atoms with Gasteiger partial charge in [0, 0.05) is 32.2 Å². The first-order chi connectivity index (χ1) is 34.1. The van der Waals surface area contributed by atoms with E-state index in [1.807, 2.05) is 60.7 Å². The molecular weight excluding hydrogens is 905 g/mol. The maximum atomic E-state index is 13.0. The number of hydrogen-bond donors (Lipinski definition) is 4. The first-order valence-electron chi connectivity index (χ1n) is 25.4. The van der Waals surface area contributed by atoms with Crippen molar-refractivity contribution in [1.82, 2.24) is 10.6 Å². The zero-order valence-electron chi connectivity index (χ0n) is 41.9. The van der Waals surface area contributed by atoms with Gasteiger partial charge in [0.15, 0.2) is 0 Å². The molecule has 0 aliphatic carbocycles. The molecule has 2 rings (SSSR count). The molecule has 0 aliphatic rings. The molecule has 396 valence electrons. The molecule has 2 aromatic rings. The Morgan fingerprint density at radius 3 is 1.30 bits per heavy atom. The molecule has 0 fully saturated rings. The van der Waals surface area contributed by atoms with E-state index < -0.39 is 23.9 Å². The minimum absolute atomic E-state index is 0.0284. The lowest BCUT2D eigenvalue weighted by Gasteiger charge is -2.18. The van der Waals surface area contributed by atoms with Crippen LogP contribution in [0.25, 0.3) is 0 Å². The molecule has 0 saturated heterocycles. The van der Waals surface area contributed by atoms with Gasteiger partial charge in [-0.3, -0.25) is 24.0 Å². The molecule has 0 heterocycles. The maximum Gasteiger partial charge on any atom is 0.328 e. The standard InChI is InChI=1S/C50H78N2O13.C3H6O2/c53-46(51-30-32-60-34-36-62-38-40-63-39-37-61-35-33-59-31-29-48(55)56)28-27-45(50(58)65-42-44-23-17-14-18-24-44)52-47(54)25-19-11-9-7-5-3-1-2-4-6-8-10-12-20-26-49(57)64-41-43-21-15-13-16-22-43;1-2-3(4)5/h13-18,21-24,45H,1-12,19-20,25-42H2,(H,51,53)(H,52,54)(H,55,56);2H2,1H3,(H,4,5). The van der Waals surface area contributed by atoms with Crippen molar-refractivity contribution in [2.24, 2.45) is 0 Å². The van der Waals surface area contributed by atoms with Crippen LogP contribution in [0.3, 0.4) is 0 Å². The highest BCUT2D eigenvalue weighted by atomic mass is 16.6. The Kier molecular flexibility index (Phi) is 41.8. The van der Waals surface area contributed by atoms with Gasteiger partial charge in [0.25, 0.3) is 0 Å². The van der Waals surface area contributed by atoms with Crippen LogP contribution < -0.4 is 10.6 Å². The zero-order valence-corrected chi connectivity index (χ0v) is 41.9. The number of carbonyl (C=O) groups is 6. The normalized spacial score (nSPS) is 11.2. The molecule has 0 saturated carbocycles. The van der Waals surface area contributed by atoms with Crippen LogP contribution in [0, 0.1) is 0 Å². The molecular formula is C53H84N2O15. The monoisotopic (exact) mass is 989 g/mol. The molecule has 0 bridgehead atoms. The van der Waals surface area contributed by atoms with Gasteiger partial charge in [-0.25, -0.2) is 4.79 Å². The summed E-state index contributed by atoms with van der Waals surface area (Å²) in [7, 11) is 0. The number of ether oxygens (including phenoxy) is 7. The highest BCUT2D eigenvalue weighted by molar-refractivity contribution is 5.85. The lowest BCUT2D eigenvalue weighted by Crippen LogP contribution is -2.42. The second-order valence-corrected chi connectivity index (χ2v) is 16.7. The first kappa shape index (κ1) is 63.1. The average Bonchev–Trinajstić information content (AvgIpc) is 3.36. The van der Waals surface area contributed by atoms with Gasteiger partial charge in [-0.2, -0.15) is 0 Å². The van der Waals surface area contributed by atoms with Crippen LogP contribution in [0.2, 0.25) is 0 Å². The summed E-state index contributed by atoms with van der Waals surface area (Å²) in [6.45, 7) is 5.81. The van der Waals surface area contributed by atoms with E-state index in [1.165, 1.54) is 44.9 Å². The summed E-state index contributed by atoms with van der Waals surface area (Å²) in [5, 5.41) is 21.9. The summed E-state index contributed by atoms with van der Waals surface area (Å²) in [4.78, 5) is 70.2. The lowest BCUT2D eigenvalue weighted by atomic mass is 10.0. The number of hydrogen-bond acceptors (Lipinski definition) is 13. The third-order valence-corrected chi connectivity index (χ3v) is 10.6. The molecule has 0 aliphatic heterocycles. The summed E-state index contributed by atoms with van der Waals surface area (Å²) in [6.07, 6.45) is 16.8. The highest BCUT2D eigenvalue weighted by Crippen LogP contribution is 2.15. The quantitative estimate of drug-likeness (QED) is 0.0362. The van der Waals surface area contributed by atoms with Crippen molar-refractivity contribution in [3.8, 4) is 0 Å². The van der Waals surface area contributed by atoms with Crippen molar-refractivity contribution in [3.63, 3.8) is 0 Å². The summed E-state index contributed by atoms with van der Waals surface area (Å²) < 4.78 is 37.8. The van der Waals surface area contributed by atoms with Gasteiger partial charge in [0.1, 0.15) is 19.3 Å². The van der Waals surface area contributed by atoms with E-state index in [0.29, 0.717) is 85.5 Å². The summed E-state index contributed by atoms with van der Waals surface area (Å²) in [5.74, 6) is -2.80. The third kappa shape index (κ3) is 42.0. The van der Waals surface area contributed by atoms with Gasteiger partial charge >= 0.3 is 23.9 Å². The SMILES string of the molecule is CCC(=O)O.O=C(O)CCOCCOCCOCCOCCOCCNC(=O)CCC(NC(=O)CCCCCCCCCCCCCCCCC(=O)OCc1ccccc1)C(=O)OCc1ccccc1. The van der Waals surface area contributed by atoms with Crippen molar-refractivity contribution in [3.05, 3.63) is 71.8 Å². The molecule has 0 spiro atoms. The van der Waals surface area contributed by atoms with E-state index in [9.17, 15) is 28.8 Å². The second kappa shape index (κ2) is 46.4. The molecule has 1 atom stereocenters. The molecule has 17 nitrogen and oxygen atoms in total. The Labute approximate surface area is 416 Å². The van der Waals surface area contributed by atoms with Gasteiger partial charge in [-0.15, -0.1) is 0 Å². The van der Waals surface area contributed by atoms with Gasteiger partial charge in [0.2, 0.25) is 11.8 Å². The number of aliphatic carboxylic acids is 2. The zero-order chi connectivity index (χ0) is 51.0. The van der Waals surface area contributed by atoms with Crippen LogP contribution in [0.1, 0.15) is 146 Å². The van der Waals surface area contributed by atoms with Crippen LogP contribution in [-0.2, 0) is 75.1 Å². The molecule has 2 amide bonds. The Bertz CT molecular complexity index is 1620. The highest BCUT2D eigenvalue weighted by Gasteiger charge is 2.23. The molecule has 17 heteroatoms. The lowest BCUT2D eigenvalue weighted by molar-refractivity contribution is -0.149. The topological polar surface area (TPSA) is 232 Å². The average molecular weight is 989 g/mol. The number of carboxylic acid groups (broad SMARTS) is 2. The largest absolute Gasteiger partial charge is 0.481 e. The Balaban J connectivity index is 0.00000464. The summed E-state index contributed by atoms with van der Waals surface area (Å²) in [6, 6.07) is 18.1. The van der Waals surface area contributed by atoms with Crippen molar-refractivity contribution in [1.29, 1.82) is 0 Å². The number of esters is 2. The van der Waals surface area contributed by atoms with Crippen LogP contribution in [-0.4, -0.2) is 125 Å². The summed E-state index contributed by atoms with van der Waals surface area (Å²) in [5.41, 5.74) is 1.85. The van der Waals surface area contributed by atoms with Crippen LogP contribution >= 0.6 is 0 Å². The molecule has 2 aromatic carbocycles. The number of nitrogens with one attached hydrogen (secondary N) is 2. The van der Waals surface area contributed by atoms with Gasteiger partial charge in [-0.1, -0.05) is 145 Å². The molecule has 4 N–H and O–H groups in total. The third-order valence-electron chi connectivity index (χ3n) is 10.6. The minimum atomic E-state index is -0.931.